The summed E-state index contributed by atoms with van der Waals surface area (Å²) in [5.41, 5.74) is 0.434. The lowest BCUT2D eigenvalue weighted by Crippen LogP contribution is -2.22. The molecule has 0 bridgehead atoms. The Morgan fingerprint density at radius 1 is 1.22 bits per heavy atom. The summed E-state index contributed by atoms with van der Waals surface area (Å²) in [6, 6.07) is 3.94. The molecule has 0 amide bonds. The summed E-state index contributed by atoms with van der Waals surface area (Å²) in [7, 11) is 1.65. The Bertz CT molecular complexity index is 613. The van der Waals surface area contributed by atoms with E-state index in [-0.39, 0.29) is 6.10 Å². The van der Waals surface area contributed by atoms with E-state index in [4.69, 9.17) is 9.47 Å². The van der Waals surface area contributed by atoms with Crippen LogP contribution in [0.4, 0.5) is 0 Å². The molecule has 3 rings (SSSR count). The molecular formula is C18H22BrNO3. The quantitative estimate of drug-likeness (QED) is 0.540. The molecule has 0 spiro atoms. The number of hydrogen-bond donors (Lipinski definition) is 0. The highest BCUT2D eigenvalue weighted by Gasteiger charge is 2.40. The van der Waals surface area contributed by atoms with Crippen LogP contribution in [0.1, 0.15) is 56.9 Å². The van der Waals surface area contributed by atoms with E-state index in [1.807, 2.05) is 12.1 Å². The molecule has 0 aliphatic heterocycles. The van der Waals surface area contributed by atoms with Gasteiger partial charge in [0.05, 0.1) is 13.2 Å². The highest BCUT2D eigenvalue weighted by atomic mass is 79.9. The Morgan fingerprint density at radius 2 is 1.91 bits per heavy atom. The fraction of sp³-hybridized carbons (Fsp3) is 0.611. The van der Waals surface area contributed by atoms with Crippen molar-refractivity contribution >= 4 is 22.0 Å². The van der Waals surface area contributed by atoms with E-state index in [0.717, 1.165) is 54.3 Å². The molecule has 0 aromatic heterocycles. The van der Waals surface area contributed by atoms with Crippen molar-refractivity contribution in [3.63, 3.8) is 0 Å². The second-order valence-electron chi connectivity index (χ2n) is 6.45. The molecule has 1 aromatic carbocycles. The van der Waals surface area contributed by atoms with Crippen molar-refractivity contribution < 1.29 is 14.3 Å². The maximum absolute atomic E-state index is 11.1. The van der Waals surface area contributed by atoms with E-state index in [2.05, 4.69) is 20.9 Å². The number of methoxy groups -OCH3 is 1. The molecule has 0 saturated heterocycles. The minimum atomic E-state index is -0.521. The Kier molecular flexibility index (Phi) is 5.08. The monoisotopic (exact) mass is 379 g/mol. The summed E-state index contributed by atoms with van der Waals surface area (Å²) < 4.78 is 12.8. The van der Waals surface area contributed by atoms with Crippen LogP contribution in [0.2, 0.25) is 0 Å². The lowest BCUT2D eigenvalue weighted by molar-refractivity contribution is 0.194. The number of nitrogens with zero attached hydrogens (tertiary/aromatic N) is 1. The minimum absolute atomic E-state index is 0.225. The fourth-order valence-electron chi connectivity index (χ4n) is 3.85. The van der Waals surface area contributed by atoms with Crippen molar-refractivity contribution in [3.05, 3.63) is 22.2 Å². The molecule has 0 atom stereocenters. The molecule has 0 radical (unpaired) electrons. The standard InChI is InChI=1S/C18H22BrNO3/c1-22-16-11-13(19)10-15(17(16)23-14-6-2-3-7-14)18(20-12-21)8-4-5-9-18/h10-11,14H,2-9H2,1H3. The van der Waals surface area contributed by atoms with Crippen molar-refractivity contribution in [3.8, 4) is 11.5 Å². The van der Waals surface area contributed by atoms with E-state index in [9.17, 15) is 4.79 Å². The summed E-state index contributed by atoms with van der Waals surface area (Å²) in [6.45, 7) is 0. The van der Waals surface area contributed by atoms with Gasteiger partial charge in [0.25, 0.3) is 0 Å². The number of benzene rings is 1. The predicted molar refractivity (Wildman–Crippen MR) is 91.8 cm³/mol. The molecule has 2 saturated carbocycles. The van der Waals surface area contributed by atoms with Crippen LogP contribution in [0.3, 0.4) is 0 Å². The number of ether oxygens (including phenoxy) is 2. The van der Waals surface area contributed by atoms with Crippen molar-refractivity contribution in [2.24, 2.45) is 4.99 Å². The van der Waals surface area contributed by atoms with Crippen LogP contribution in [0.5, 0.6) is 11.5 Å². The molecule has 0 N–H and O–H groups in total. The molecule has 2 aliphatic rings. The Balaban J connectivity index is 2.09. The van der Waals surface area contributed by atoms with E-state index >= 15 is 0 Å². The Hall–Kier alpha value is -1.32. The molecule has 23 heavy (non-hydrogen) atoms. The van der Waals surface area contributed by atoms with Crippen molar-refractivity contribution in [1.82, 2.24) is 0 Å². The first kappa shape index (κ1) is 16.5. The van der Waals surface area contributed by atoms with Crippen LogP contribution >= 0.6 is 15.9 Å². The summed E-state index contributed by atoms with van der Waals surface area (Å²) in [5, 5.41) is 0. The van der Waals surface area contributed by atoms with Gasteiger partial charge in [0, 0.05) is 10.0 Å². The molecule has 2 aliphatic carbocycles. The maximum Gasteiger partial charge on any atom is 0.235 e. The molecule has 2 fully saturated rings. The van der Waals surface area contributed by atoms with Crippen LogP contribution in [0, 0.1) is 0 Å². The normalized spacial score (nSPS) is 20.3. The first-order valence-electron chi connectivity index (χ1n) is 8.32. The lowest BCUT2D eigenvalue weighted by Gasteiger charge is -2.28. The predicted octanol–water partition coefficient (Wildman–Crippen LogP) is 4.88. The van der Waals surface area contributed by atoms with Gasteiger partial charge in [-0.1, -0.05) is 28.8 Å². The topological polar surface area (TPSA) is 47.9 Å². The van der Waals surface area contributed by atoms with E-state index in [1.54, 1.807) is 13.2 Å². The number of aliphatic imine (C=N–C) groups is 1. The number of rotatable bonds is 5. The molecule has 1 aromatic rings. The smallest absolute Gasteiger partial charge is 0.235 e. The zero-order chi connectivity index (χ0) is 16.3. The number of hydrogen-bond acceptors (Lipinski definition) is 4. The van der Waals surface area contributed by atoms with Crippen molar-refractivity contribution in [2.75, 3.05) is 7.11 Å². The average Bonchev–Trinajstić information content (AvgIpc) is 3.21. The van der Waals surface area contributed by atoms with E-state index in [0.29, 0.717) is 5.75 Å². The first-order valence-corrected chi connectivity index (χ1v) is 9.11. The maximum atomic E-state index is 11.1. The van der Waals surface area contributed by atoms with Gasteiger partial charge in [-0.25, -0.2) is 4.79 Å². The third kappa shape index (κ3) is 3.31. The Labute approximate surface area is 145 Å². The summed E-state index contributed by atoms with van der Waals surface area (Å²) >= 11 is 3.55. The van der Waals surface area contributed by atoms with Gasteiger partial charge in [-0.05, 0) is 50.7 Å². The third-order valence-electron chi connectivity index (χ3n) is 5.02. The largest absolute Gasteiger partial charge is 0.493 e. The van der Waals surface area contributed by atoms with Gasteiger partial charge < -0.3 is 9.47 Å². The third-order valence-corrected chi connectivity index (χ3v) is 5.48. The average molecular weight is 380 g/mol. The zero-order valence-corrected chi connectivity index (χ0v) is 15.0. The second-order valence-corrected chi connectivity index (χ2v) is 7.37. The SMILES string of the molecule is COc1cc(Br)cc(C2(N=C=O)CCCC2)c1OC1CCCC1. The van der Waals surface area contributed by atoms with Crippen LogP contribution in [0.15, 0.2) is 21.6 Å². The van der Waals surface area contributed by atoms with Gasteiger partial charge in [0.15, 0.2) is 11.5 Å². The van der Waals surface area contributed by atoms with Crippen LogP contribution < -0.4 is 9.47 Å². The minimum Gasteiger partial charge on any atom is -0.493 e. The molecule has 5 heteroatoms. The van der Waals surface area contributed by atoms with Gasteiger partial charge in [0.1, 0.15) is 5.54 Å². The van der Waals surface area contributed by atoms with Crippen LogP contribution in [0.25, 0.3) is 0 Å². The van der Waals surface area contributed by atoms with Gasteiger partial charge in [0.2, 0.25) is 6.08 Å². The van der Waals surface area contributed by atoms with Crippen molar-refractivity contribution in [2.45, 2.75) is 63.0 Å². The zero-order valence-electron chi connectivity index (χ0n) is 13.4. The number of isocyanates is 1. The number of carbonyl (C=O) groups excluding carboxylic acids is 1. The molecule has 124 valence electrons. The van der Waals surface area contributed by atoms with E-state index in [1.165, 1.54) is 12.8 Å². The molecule has 0 heterocycles. The van der Waals surface area contributed by atoms with Crippen molar-refractivity contribution in [1.29, 1.82) is 0 Å². The second kappa shape index (κ2) is 7.06. The van der Waals surface area contributed by atoms with Gasteiger partial charge in [-0.3, -0.25) is 0 Å². The molecule has 0 unspecified atom stereocenters. The van der Waals surface area contributed by atoms with Crippen LogP contribution in [-0.2, 0) is 10.3 Å². The first-order chi connectivity index (χ1) is 11.2. The summed E-state index contributed by atoms with van der Waals surface area (Å²) in [4.78, 5) is 15.3. The fourth-order valence-corrected chi connectivity index (χ4v) is 4.29. The Morgan fingerprint density at radius 3 is 2.52 bits per heavy atom. The summed E-state index contributed by atoms with van der Waals surface area (Å²) in [6.07, 6.45) is 10.4. The van der Waals surface area contributed by atoms with Gasteiger partial charge in [-0.2, -0.15) is 4.99 Å². The van der Waals surface area contributed by atoms with E-state index < -0.39 is 5.54 Å². The highest BCUT2D eigenvalue weighted by Crippen LogP contribution is 2.50. The van der Waals surface area contributed by atoms with Gasteiger partial charge in [-0.15, -0.1) is 0 Å². The van der Waals surface area contributed by atoms with Crippen LogP contribution in [-0.4, -0.2) is 19.3 Å². The summed E-state index contributed by atoms with van der Waals surface area (Å²) in [5.74, 6) is 1.46. The lowest BCUT2D eigenvalue weighted by atomic mass is 9.88. The molecule has 4 nitrogen and oxygen atoms in total. The number of halogens is 1. The molecular weight excluding hydrogens is 358 g/mol. The highest BCUT2D eigenvalue weighted by molar-refractivity contribution is 9.10. The van der Waals surface area contributed by atoms with Gasteiger partial charge >= 0.3 is 0 Å².